The molecule has 0 radical (unpaired) electrons. The smallest absolute Gasteiger partial charge is 0.257 e. The van der Waals surface area contributed by atoms with Gasteiger partial charge in [-0.15, -0.1) is 24.0 Å². The first-order chi connectivity index (χ1) is 11.0. The Morgan fingerprint density at radius 3 is 2.54 bits per heavy atom. The molecule has 0 fully saturated rings. The zero-order valence-electron chi connectivity index (χ0n) is 14.9. The van der Waals surface area contributed by atoms with E-state index >= 15 is 0 Å². The maximum Gasteiger partial charge on any atom is 0.257 e. The summed E-state index contributed by atoms with van der Waals surface area (Å²) in [6, 6.07) is 7.95. The molecule has 0 aliphatic rings. The van der Waals surface area contributed by atoms with Crippen molar-refractivity contribution in [3.8, 4) is 5.75 Å². The van der Waals surface area contributed by atoms with Crippen molar-refractivity contribution in [3.05, 3.63) is 29.8 Å². The van der Waals surface area contributed by atoms with E-state index in [2.05, 4.69) is 34.8 Å². The summed E-state index contributed by atoms with van der Waals surface area (Å²) in [5.41, 5.74) is 1.03. The van der Waals surface area contributed by atoms with Gasteiger partial charge in [0.2, 0.25) is 0 Å². The van der Waals surface area contributed by atoms with E-state index in [4.69, 9.17) is 4.74 Å². The molecule has 0 saturated carbocycles. The summed E-state index contributed by atoms with van der Waals surface area (Å²) < 4.78 is 5.49. The van der Waals surface area contributed by atoms with Crippen LogP contribution >= 0.6 is 24.0 Å². The first-order valence-electron chi connectivity index (χ1n) is 8.08. The molecule has 3 N–H and O–H groups in total. The number of ether oxygens (including phenoxy) is 1. The Kier molecular flexibility index (Phi) is 12.0. The van der Waals surface area contributed by atoms with Gasteiger partial charge in [0.15, 0.2) is 12.6 Å². The SMILES string of the molecule is CCNC(=O)COc1cccc(CN=C(NCC)NC(C)C)c1.I. The number of halogens is 1. The lowest BCUT2D eigenvalue weighted by molar-refractivity contribution is -0.122. The van der Waals surface area contributed by atoms with Gasteiger partial charge in [0, 0.05) is 19.1 Å². The third kappa shape index (κ3) is 9.59. The van der Waals surface area contributed by atoms with E-state index in [0.29, 0.717) is 24.9 Å². The highest BCUT2D eigenvalue weighted by Gasteiger charge is 2.03. The lowest BCUT2D eigenvalue weighted by atomic mass is 10.2. The van der Waals surface area contributed by atoms with Crippen molar-refractivity contribution in [2.24, 2.45) is 4.99 Å². The second-order valence-electron chi connectivity index (χ2n) is 5.38. The predicted octanol–water partition coefficient (Wildman–Crippen LogP) is 2.28. The number of carbonyl (C=O) groups excluding carboxylic acids is 1. The molecule has 24 heavy (non-hydrogen) atoms. The predicted molar refractivity (Wildman–Crippen MR) is 109 cm³/mol. The number of aliphatic imine (C=N–C) groups is 1. The summed E-state index contributed by atoms with van der Waals surface area (Å²) in [4.78, 5) is 16.0. The van der Waals surface area contributed by atoms with Crippen LogP contribution in [0.25, 0.3) is 0 Å². The highest BCUT2D eigenvalue weighted by Crippen LogP contribution is 2.14. The minimum absolute atomic E-state index is 0. The summed E-state index contributed by atoms with van der Waals surface area (Å²) in [6.07, 6.45) is 0. The molecule has 0 atom stereocenters. The fourth-order valence-corrected chi connectivity index (χ4v) is 1.89. The Bertz CT molecular complexity index is 521. The Morgan fingerprint density at radius 2 is 1.92 bits per heavy atom. The molecule has 0 heterocycles. The van der Waals surface area contributed by atoms with Crippen LogP contribution in [0, 0.1) is 0 Å². The molecule has 0 aliphatic heterocycles. The van der Waals surface area contributed by atoms with E-state index in [1.54, 1.807) is 0 Å². The molecule has 0 aliphatic carbocycles. The number of amides is 1. The molecule has 1 amide bonds. The summed E-state index contributed by atoms with van der Waals surface area (Å²) >= 11 is 0. The van der Waals surface area contributed by atoms with E-state index in [0.717, 1.165) is 18.1 Å². The Morgan fingerprint density at radius 1 is 1.21 bits per heavy atom. The van der Waals surface area contributed by atoms with E-state index in [-0.39, 0.29) is 36.5 Å². The first-order valence-corrected chi connectivity index (χ1v) is 8.08. The van der Waals surface area contributed by atoms with Crippen LogP contribution in [0.5, 0.6) is 5.75 Å². The van der Waals surface area contributed by atoms with Crippen LogP contribution in [0.4, 0.5) is 0 Å². The first kappa shape index (κ1) is 22.5. The minimum Gasteiger partial charge on any atom is -0.484 e. The molecular formula is C17H29IN4O2. The summed E-state index contributed by atoms with van der Waals surface area (Å²) in [5, 5.41) is 9.18. The van der Waals surface area contributed by atoms with Crippen LogP contribution in [-0.2, 0) is 11.3 Å². The number of carbonyl (C=O) groups is 1. The highest BCUT2D eigenvalue weighted by molar-refractivity contribution is 14.0. The van der Waals surface area contributed by atoms with Crippen LogP contribution in [0.1, 0.15) is 33.3 Å². The number of nitrogens with zero attached hydrogens (tertiary/aromatic N) is 1. The van der Waals surface area contributed by atoms with Crippen molar-refractivity contribution in [1.29, 1.82) is 0 Å². The van der Waals surface area contributed by atoms with E-state index < -0.39 is 0 Å². The summed E-state index contributed by atoms with van der Waals surface area (Å²) in [7, 11) is 0. The largest absolute Gasteiger partial charge is 0.484 e. The summed E-state index contributed by atoms with van der Waals surface area (Å²) in [5.74, 6) is 1.34. The third-order valence-corrected chi connectivity index (χ3v) is 2.83. The Labute approximate surface area is 161 Å². The number of likely N-dealkylation sites (N-methyl/N-ethyl adjacent to an activating group) is 1. The van der Waals surface area contributed by atoms with Gasteiger partial charge in [-0.3, -0.25) is 4.79 Å². The maximum absolute atomic E-state index is 11.4. The third-order valence-electron chi connectivity index (χ3n) is 2.83. The molecule has 0 spiro atoms. The highest BCUT2D eigenvalue weighted by atomic mass is 127. The number of guanidine groups is 1. The van der Waals surface area contributed by atoms with Crippen LogP contribution in [0.15, 0.2) is 29.3 Å². The van der Waals surface area contributed by atoms with Crippen molar-refractivity contribution in [3.63, 3.8) is 0 Å². The fourth-order valence-electron chi connectivity index (χ4n) is 1.89. The molecule has 0 bridgehead atoms. The van der Waals surface area contributed by atoms with Crippen molar-refractivity contribution >= 4 is 35.8 Å². The standard InChI is InChI=1S/C17H28N4O2.HI/c1-5-18-16(22)12-23-15-9-7-8-14(10-15)11-20-17(19-6-2)21-13(3)4;/h7-10,13H,5-6,11-12H2,1-4H3,(H,18,22)(H2,19,20,21);1H. The molecular weight excluding hydrogens is 419 g/mol. The van der Waals surface area contributed by atoms with Gasteiger partial charge in [0.25, 0.3) is 5.91 Å². The number of benzene rings is 1. The van der Waals surface area contributed by atoms with Gasteiger partial charge in [-0.2, -0.15) is 0 Å². The van der Waals surface area contributed by atoms with Gasteiger partial charge in [0.1, 0.15) is 5.75 Å². The normalized spacial score (nSPS) is 10.8. The zero-order chi connectivity index (χ0) is 17.1. The van der Waals surface area contributed by atoms with Crippen molar-refractivity contribution in [2.45, 2.75) is 40.3 Å². The van der Waals surface area contributed by atoms with E-state index in [9.17, 15) is 4.79 Å². The Hall–Kier alpha value is -1.51. The van der Waals surface area contributed by atoms with Gasteiger partial charge in [-0.05, 0) is 45.4 Å². The lowest BCUT2D eigenvalue weighted by Gasteiger charge is -2.14. The monoisotopic (exact) mass is 448 g/mol. The molecule has 0 unspecified atom stereocenters. The van der Waals surface area contributed by atoms with Gasteiger partial charge in [-0.1, -0.05) is 12.1 Å². The van der Waals surface area contributed by atoms with Gasteiger partial charge in [-0.25, -0.2) is 4.99 Å². The molecule has 0 aromatic heterocycles. The molecule has 1 aromatic carbocycles. The van der Waals surface area contributed by atoms with Crippen LogP contribution in [0.2, 0.25) is 0 Å². The number of hydrogen-bond donors (Lipinski definition) is 3. The second kappa shape index (κ2) is 12.9. The quantitative estimate of drug-likeness (QED) is 0.324. The van der Waals surface area contributed by atoms with Gasteiger partial charge in [0.05, 0.1) is 6.54 Å². The molecule has 7 heteroatoms. The lowest BCUT2D eigenvalue weighted by Crippen LogP contribution is -2.40. The molecule has 0 saturated heterocycles. The van der Waals surface area contributed by atoms with Crippen LogP contribution < -0.4 is 20.7 Å². The maximum atomic E-state index is 11.4. The van der Waals surface area contributed by atoms with Crippen LogP contribution in [0.3, 0.4) is 0 Å². The fraction of sp³-hybridized carbons (Fsp3) is 0.529. The van der Waals surface area contributed by atoms with Gasteiger partial charge < -0.3 is 20.7 Å². The topological polar surface area (TPSA) is 74.8 Å². The minimum atomic E-state index is -0.119. The van der Waals surface area contributed by atoms with Crippen molar-refractivity contribution in [2.75, 3.05) is 19.7 Å². The summed E-state index contributed by atoms with van der Waals surface area (Å²) in [6.45, 7) is 10.0. The molecule has 6 nitrogen and oxygen atoms in total. The van der Waals surface area contributed by atoms with Crippen molar-refractivity contribution in [1.82, 2.24) is 16.0 Å². The number of rotatable bonds is 8. The number of hydrogen-bond acceptors (Lipinski definition) is 3. The molecule has 136 valence electrons. The average molecular weight is 448 g/mol. The van der Waals surface area contributed by atoms with E-state index in [1.807, 2.05) is 38.1 Å². The number of nitrogens with one attached hydrogen (secondary N) is 3. The second-order valence-corrected chi connectivity index (χ2v) is 5.38. The average Bonchev–Trinajstić information content (AvgIpc) is 2.51. The zero-order valence-corrected chi connectivity index (χ0v) is 17.2. The molecule has 1 rings (SSSR count). The van der Waals surface area contributed by atoms with E-state index in [1.165, 1.54) is 0 Å². The Balaban J connectivity index is 0.00000529. The van der Waals surface area contributed by atoms with Crippen LogP contribution in [-0.4, -0.2) is 37.6 Å². The molecule has 1 aromatic rings. The van der Waals surface area contributed by atoms with Gasteiger partial charge >= 0.3 is 0 Å². The van der Waals surface area contributed by atoms with Crippen molar-refractivity contribution < 1.29 is 9.53 Å².